The Kier molecular flexibility index (Phi) is 5.43. The molecule has 1 unspecified atom stereocenters. The van der Waals surface area contributed by atoms with E-state index in [2.05, 4.69) is 27.6 Å². The van der Waals surface area contributed by atoms with E-state index < -0.39 is 4.83 Å². The lowest BCUT2D eigenvalue weighted by molar-refractivity contribution is -0.141. The number of esters is 1. The monoisotopic (exact) mass is 209 g/mol. The van der Waals surface area contributed by atoms with Gasteiger partial charge in [0.2, 0.25) is 6.61 Å². The molecular weight excluding hydrogens is 200 g/mol. The van der Waals surface area contributed by atoms with E-state index in [1.807, 2.05) is 0 Å². The van der Waals surface area contributed by atoms with Crippen molar-refractivity contribution in [1.29, 1.82) is 0 Å². The molecule has 3 nitrogen and oxygen atoms in total. The lowest BCUT2D eigenvalue weighted by Gasteiger charge is -2.03. The highest BCUT2D eigenvalue weighted by Gasteiger charge is 2.14. The summed E-state index contributed by atoms with van der Waals surface area (Å²) in [6, 6.07) is 0. The molecule has 58 valence electrons. The van der Waals surface area contributed by atoms with Crippen LogP contribution >= 0.6 is 15.9 Å². The third-order valence-electron chi connectivity index (χ3n) is 0.883. The minimum absolute atomic E-state index is 0.0256. The first kappa shape index (κ1) is 9.78. The molecule has 1 N–H and O–H groups in total. The Balaban J connectivity index is 3.49. The van der Waals surface area contributed by atoms with Crippen molar-refractivity contribution in [3.8, 4) is 0 Å². The van der Waals surface area contributed by atoms with Crippen molar-refractivity contribution >= 4 is 21.9 Å². The van der Waals surface area contributed by atoms with Gasteiger partial charge in [0.05, 0.1) is 0 Å². The van der Waals surface area contributed by atoms with Crippen LogP contribution in [-0.2, 0) is 9.53 Å². The van der Waals surface area contributed by atoms with E-state index in [0.717, 1.165) is 0 Å². The lowest BCUT2D eigenvalue weighted by Crippen LogP contribution is -2.18. The van der Waals surface area contributed by atoms with Crippen molar-refractivity contribution in [2.24, 2.45) is 0 Å². The summed E-state index contributed by atoms with van der Waals surface area (Å²) >= 11 is 3.04. The van der Waals surface area contributed by atoms with E-state index in [4.69, 9.17) is 5.11 Å². The smallest absolute Gasteiger partial charge is 0.323 e. The number of carbonyl (C=O) groups is 1. The molecule has 4 heteroatoms. The number of rotatable bonds is 4. The first-order chi connectivity index (χ1) is 4.72. The number of hydrogen-bond donors (Lipinski definition) is 1. The van der Waals surface area contributed by atoms with Crippen molar-refractivity contribution in [2.75, 3.05) is 13.2 Å². The Hall–Kier alpha value is -0.220. The molecule has 0 aliphatic heterocycles. The number of ether oxygens (including phenoxy) is 1. The number of halogens is 1. The third kappa shape index (κ3) is 3.74. The molecule has 0 heterocycles. The van der Waals surface area contributed by atoms with Gasteiger partial charge in [-0.05, 0) is 6.42 Å². The quantitative estimate of drug-likeness (QED) is 0.417. The highest BCUT2D eigenvalue weighted by molar-refractivity contribution is 9.10. The Morgan fingerprint density at radius 3 is 2.80 bits per heavy atom. The highest BCUT2D eigenvalue weighted by Crippen LogP contribution is 2.05. The maximum absolute atomic E-state index is 10.7. The van der Waals surface area contributed by atoms with E-state index >= 15 is 0 Å². The molecular formula is C6H10BrO3+. The molecule has 1 atom stereocenters. The summed E-state index contributed by atoms with van der Waals surface area (Å²) < 4.78 is 4.55. The minimum Gasteiger partial charge on any atom is -0.423 e. The largest absolute Gasteiger partial charge is 0.423 e. The van der Waals surface area contributed by atoms with Crippen LogP contribution in [0.1, 0.15) is 6.42 Å². The minimum atomic E-state index is -0.403. The van der Waals surface area contributed by atoms with Gasteiger partial charge in [0.15, 0.2) is 0 Å². The Labute approximate surface area is 68.5 Å². The maximum Gasteiger partial charge on any atom is 0.323 e. The first-order valence-corrected chi connectivity index (χ1v) is 3.84. The summed E-state index contributed by atoms with van der Waals surface area (Å²) in [5, 5.41) is 8.40. The zero-order chi connectivity index (χ0) is 7.98. The normalized spacial score (nSPS) is 12.6. The fraction of sp³-hybridized carbons (Fsp3) is 0.667. The number of alkyl halides is 1. The molecule has 0 rings (SSSR count). The van der Waals surface area contributed by atoms with Gasteiger partial charge in [-0.15, -0.1) is 0 Å². The highest BCUT2D eigenvalue weighted by atomic mass is 79.9. The fourth-order valence-electron chi connectivity index (χ4n) is 0.422. The van der Waals surface area contributed by atoms with Gasteiger partial charge in [-0.1, -0.05) is 15.9 Å². The molecule has 0 aliphatic rings. The van der Waals surface area contributed by atoms with Crippen molar-refractivity contribution in [2.45, 2.75) is 11.2 Å². The molecule has 0 saturated carbocycles. The molecule has 10 heavy (non-hydrogen) atoms. The van der Waals surface area contributed by atoms with Crippen molar-refractivity contribution in [3.63, 3.8) is 0 Å². The predicted octanol–water partition coefficient (Wildman–Crippen LogP) is 0.510. The Bertz CT molecular complexity index is 105. The van der Waals surface area contributed by atoms with Crippen LogP contribution in [0.25, 0.3) is 0 Å². The second kappa shape index (κ2) is 5.56. The van der Waals surface area contributed by atoms with Crippen molar-refractivity contribution < 1.29 is 14.6 Å². The van der Waals surface area contributed by atoms with Crippen LogP contribution in [0, 0.1) is 6.92 Å². The lowest BCUT2D eigenvalue weighted by atomic mass is 10.3. The molecule has 0 aliphatic carbocycles. The first-order valence-electron chi connectivity index (χ1n) is 2.93. The fourth-order valence-corrected chi connectivity index (χ4v) is 0.759. The van der Waals surface area contributed by atoms with Crippen LogP contribution in [-0.4, -0.2) is 29.1 Å². The molecule has 0 spiro atoms. The van der Waals surface area contributed by atoms with Crippen LogP contribution in [0.2, 0.25) is 0 Å². The Morgan fingerprint density at radius 2 is 2.40 bits per heavy atom. The number of carbonyl (C=O) groups excluding carboxylic acids is 1. The van der Waals surface area contributed by atoms with E-state index in [0.29, 0.717) is 6.42 Å². The zero-order valence-corrected chi connectivity index (χ0v) is 7.13. The average Bonchev–Trinajstić information content (AvgIpc) is 1.89. The molecule has 0 fully saturated rings. The molecule has 0 aromatic heterocycles. The van der Waals surface area contributed by atoms with Crippen LogP contribution in [0.15, 0.2) is 0 Å². The molecule has 0 radical (unpaired) electrons. The SMILES string of the molecule is [CH2+]COC(=O)C(Br)CCO. The summed E-state index contributed by atoms with van der Waals surface area (Å²) in [7, 11) is 0. The van der Waals surface area contributed by atoms with Gasteiger partial charge in [-0.25, -0.2) is 0 Å². The second-order valence-electron chi connectivity index (χ2n) is 1.65. The van der Waals surface area contributed by atoms with Crippen LogP contribution < -0.4 is 0 Å². The van der Waals surface area contributed by atoms with E-state index in [1.54, 1.807) is 0 Å². The van der Waals surface area contributed by atoms with Crippen LogP contribution in [0.3, 0.4) is 0 Å². The van der Waals surface area contributed by atoms with E-state index in [1.165, 1.54) is 0 Å². The van der Waals surface area contributed by atoms with Crippen LogP contribution in [0.4, 0.5) is 0 Å². The standard InChI is InChI=1S/C6H10BrO3/c1-2-10-6(9)5(7)3-4-8/h5,8H,1-4H2/q+1. The summed E-state index contributed by atoms with van der Waals surface area (Å²) in [4.78, 5) is 10.3. The van der Waals surface area contributed by atoms with Gasteiger partial charge in [0.1, 0.15) is 11.8 Å². The van der Waals surface area contributed by atoms with Crippen molar-refractivity contribution in [1.82, 2.24) is 0 Å². The summed E-state index contributed by atoms with van der Waals surface area (Å²) in [5.41, 5.74) is 0. The van der Waals surface area contributed by atoms with Gasteiger partial charge < -0.3 is 9.84 Å². The van der Waals surface area contributed by atoms with E-state index in [-0.39, 0.29) is 19.2 Å². The zero-order valence-electron chi connectivity index (χ0n) is 5.55. The average molecular weight is 210 g/mol. The summed E-state index contributed by atoms with van der Waals surface area (Å²) in [6.45, 7) is 3.45. The molecule has 0 amide bonds. The van der Waals surface area contributed by atoms with E-state index in [9.17, 15) is 4.79 Å². The molecule has 0 bridgehead atoms. The summed E-state index contributed by atoms with van der Waals surface area (Å²) in [6.07, 6.45) is 0.374. The van der Waals surface area contributed by atoms with Gasteiger partial charge in [0.25, 0.3) is 0 Å². The number of aliphatic hydroxyl groups excluding tert-OH is 1. The molecule has 0 saturated heterocycles. The predicted molar refractivity (Wildman–Crippen MR) is 40.7 cm³/mol. The summed E-state index contributed by atoms with van der Waals surface area (Å²) in [5.74, 6) is -0.371. The van der Waals surface area contributed by atoms with Gasteiger partial charge in [-0.3, -0.25) is 4.79 Å². The van der Waals surface area contributed by atoms with Crippen LogP contribution in [0.5, 0.6) is 0 Å². The second-order valence-corrected chi connectivity index (χ2v) is 2.75. The van der Waals surface area contributed by atoms with Gasteiger partial charge >= 0.3 is 5.97 Å². The maximum atomic E-state index is 10.7. The number of hydrogen-bond acceptors (Lipinski definition) is 3. The third-order valence-corrected chi connectivity index (χ3v) is 1.71. The van der Waals surface area contributed by atoms with Gasteiger partial charge in [0, 0.05) is 6.61 Å². The topological polar surface area (TPSA) is 46.5 Å². The van der Waals surface area contributed by atoms with Gasteiger partial charge in [-0.2, -0.15) is 0 Å². The molecule has 0 aromatic carbocycles. The number of aliphatic hydroxyl groups is 1. The molecule has 0 aromatic rings. The van der Waals surface area contributed by atoms with Crippen molar-refractivity contribution in [3.05, 3.63) is 6.92 Å². The Morgan fingerprint density at radius 1 is 1.80 bits per heavy atom.